The molecule has 0 aliphatic carbocycles. The van der Waals surface area contributed by atoms with E-state index in [2.05, 4.69) is 17.1 Å². The summed E-state index contributed by atoms with van der Waals surface area (Å²) in [6.07, 6.45) is 0. The fourth-order valence-electron chi connectivity index (χ4n) is 2.06. The van der Waals surface area contributed by atoms with Crippen molar-refractivity contribution in [3.63, 3.8) is 0 Å². The highest BCUT2D eigenvalue weighted by Gasteiger charge is 2.15. The zero-order valence-electron chi connectivity index (χ0n) is 10.2. The van der Waals surface area contributed by atoms with Crippen LogP contribution >= 0.6 is 0 Å². The van der Waals surface area contributed by atoms with Crippen molar-refractivity contribution < 1.29 is 9.13 Å². The van der Waals surface area contributed by atoms with Gasteiger partial charge in [0.1, 0.15) is 6.61 Å². The van der Waals surface area contributed by atoms with Gasteiger partial charge < -0.3 is 10.1 Å². The van der Waals surface area contributed by atoms with Crippen LogP contribution in [0.2, 0.25) is 0 Å². The number of piperazine rings is 1. The van der Waals surface area contributed by atoms with Crippen LogP contribution in [-0.4, -0.2) is 43.7 Å². The monoisotopic (exact) mass is 238 g/mol. The Kier molecular flexibility index (Phi) is 4.34. The molecule has 3 nitrogen and oxygen atoms in total. The Balaban J connectivity index is 1.74. The van der Waals surface area contributed by atoms with Gasteiger partial charge in [0.05, 0.1) is 0 Å². The van der Waals surface area contributed by atoms with Crippen molar-refractivity contribution in [2.24, 2.45) is 0 Å². The Labute approximate surface area is 102 Å². The molecule has 1 fully saturated rings. The van der Waals surface area contributed by atoms with Crippen molar-refractivity contribution in [3.8, 4) is 5.75 Å². The lowest BCUT2D eigenvalue weighted by molar-refractivity contribution is 0.168. The molecule has 1 heterocycles. The predicted octanol–water partition coefficient (Wildman–Crippen LogP) is 1.50. The van der Waals surface area contributed by atoms with Crippen LogP contribution < -0.4 is 10.1 Å². The van der Waals surface area contributed by atoms with Crippen LogP contribution in [0.25, 0.3) is 0 Å². The maximum Gasteiger partial charge on any atom is 0.165 e. The van der Waals surface area contributed by atoms with Crippen molar-refractivity contribution in [2.45, 2.75) is 13.0 Å². The van der Waals surface area contributed by atoms with Crippen molar-refractivity contribution in [1.82, 2.24) is 10.2 Å². The van der Waals surface area contributed by atoms with Gasteiger partial charge in [0.25, 0.3) is 0 Å². The summed E-state index contributed by atoms with van der Waals surface area (Å²) < 4.78 is 18.7. The lowest BCUT2D eigenvalue weighted by atomic mass is 10.2. The maximum absolute atomic E-state index is 13.3. The summed E-state index contributed by atoms with van der Waals surface area (Å²) in [5, 5.41) is 3.39. The topological polar surface area (TPSA) is 24.5 Å². The zero-order chi connectivity index (χ0) is 12.1. The third-order valence-corrected chi connectivity index (χ3v) is 2.95. The lowest BCUT2D eigenvalue weighted by Crippen LogP contribution is -2.50. The first-order chi connectivity index (χ1) is 8.25. The molecule has 0 radical (unpaired) electrons. The van der Waals surface area contributed by atoms with Crippen molar-refractivity contribution in [3.05, 3.63) is 30.1 Å². The summed E-state index contributed by atoms with van der Waals surface area (Å²) in [6, 6.07) is 7.06. The van der Waals surface area contributed by atoms with E-state index in [4.69, 9.17) is 4.74 Å². The number of para-hydroxylation sites is 1. The van der Waals surface area contributed by atoms with E-state index in [0.717, 1.165) is 26.2 Å². The number of nitrogens with zero attached hydrogens (tertiary/aromatic N) is 1. The Morgan fingerprint density at radius 3 is 3.06 bits per heavy atom. The SMILES string of the molecule is C[C@@H]1CN(CCOc2ccccc2F)CCN1. The first kappa shape index (κ1) is 12.3. The van der Waals surface area contributed by atoms with Crippen molar-refractivity contribution in [1.29, 1.82) is 0 Å². The molecule has 1 N–H and O–H groups in total. The number of hydrogen-bond acceptors (Lipinski definition) is 3. The molecule has 1 aromatic carbocycles. The second kappa shape index (κ2) is 5.98. The van der Waals surface area contributed by atoms with Crippen LogP contribution in [0.1, 0.15) is 6.92 Å². The predicted molar refractivity (Wildman–Crippen MR) is 65.8 cm³/mol. The molecule has 0 saturated carbocycles. The molecule has 0 amide bonds. The van der Waals surface area contributed by atoms with E-state index in [-0.39, 0.29) is 5.82 Å². The molecule has 0 bridgehead atoms. The van der Waals surface area contributed by atoms with E-state index in [0.29, 0.717) is 18.4 Å². The van der Waals surface area contributed by atoms with Crippen LogP contribution in [0.3, 0.4) is 0 Å². The lowest BCUT2D eigenvalue weighted by Gasteiger charge is -2.31. The number of benzene rings is 1. The molecule has 1 atom stereocenters. The Morgan fingerprint density at radius 1 is 1.47 bits per heavy atom. The minimum atomic E-state index is -0.291. The Hall–Kier alpha value is -1.13. The van der Waals surface area contributed by atoms with E-state index >= 15 is 0 Å². The fourth-order valence-corrected chi connectivity index (χ4v) is 2.06. The van der Waals surface area contributed by atoms with E-state index in [1.807, 2.05) is 0 Å². The Bertz CT molecular complexity index is 359. The first-order valence-electron chi connectivity index (χ1n) is 6.09. The van der Waals surface area contributed by atoms with E-state index in [9.17, 15) is 4.39 Å². The molecule has 1 aliphatic heterocycles. The fraction of sp³-hybridized carbons (Fsp3) is 0.538. The van der Waals surface area contributed by atoms with Gasteiger partial charge >= 0.3 is 0 Å². The van der Waals surface area contributed by atoms with E-state index < -0.39 is 0 Å². The van der Waals surface area contributed by atoms with Gasteiger partial charge in [-0.05, 0) is 19.1 Å². The third kappa shape index (κ3) is 3.68. The largest absolute Gasteiger partial charge is 0.489 e. The molecule has 4 heteroatoms. The van der Waals surface area contributed by atoms with Gasteiger partial charge in [-0.3, -0.25) is 4.90 Å². The van der Waals surface area contributed by atoms with E-state index in [1.54, 1.807) is 18.2 Å². The molecule has 0 aromatic heterocycles. The first-order valence-corrected chi connectivity index (χ1v) is 6.09. The molecule has 1 aliphatic rings. The van der Waals surface area contributed by atoms with Crippen LogP contribution in [0.4, 0.5) is 4.39 Å². The molecular weight excluding hydrogens is 219 g/mol. The summed E-state index contributed by atoms with van der Waals surface area (Å²) in [7, 11) is 0. The van der Waals surface area contributed by atoms with Crippen molar-refractivity contribution >= 4 is 0 Å². The second-order valence-corrected chi connectivity index (χ2v) is 4.43. The summed E-state index contributed by atoms with van der Waals surface area (Å²) in [4.78, 5) is 2.34. The number of ether oxygens (including phenoxy) is 1. The van der Waals surface area contributed by atoms with Gasteiger partial charge in [0.2, 0.25) is 0 Å². The van der Waals surface area contributed by atoms with Gasteiger partial charge in [-0.25, -0.2) is 4.39 Å². The Morgan fingerprint density at radius 2 is 2.29 bits per heavy atom. The maximum atomic E-state index is 13.3. The van der Waals surface area contributed by atoms with E-state index in [1.165, 1.54) is 6.07 Å². The molecule has 1 saturated heterocycles. The molecule has 1 aromatic rings. The standard InChI is InChI=1S/C13H19FN2O/c1-11-10-16(7-6-15-11)8-9-17-13-5-3-2-4-12(13)14/h2-5,11,15H,6-10H2,1H3/t11-/m1/s1. The van der Waals surface area contributed by atoms with Crippen LogP contribution in [-0.2, 0) is 0 Å². The third-order valence-electron chi connectivity index (χ3n) is 2.95. The number of halogens is 1. The summed E-state index contributed by atoms with van der Waals surface area (Å²) >= 11 is 0. The van der Waals surface area contributed by atoms with Gasteiger partial charge in [-0.2, -0.15) is 0 Å². The molecule has 0 unspecified atom stereocenters. The highest BCUT2D eigenvalue weighted by Crippen LogP contribution is 2.15. The van der Waals surface area contributed by atoms with Crippen molar-refractivity contribution in [2.75, 3.05) is 32.8 Å². The summed E-state index contributed by atoms with van der Waals surface area (Å²) in [5.41, 5.74) is 0. The highest BCUT2D eigenvalue weighted by atomic mass is 19.1. The highest BCUT2D eigenvalue weighted by molar-refractivity contribution is 5.23. The quantitative estimate of drug-likeness (QED) is 0.860. The number of hydrogen-bond donors (Lipinski definition) is 1. The van der Waals surface area contributed by atoms with Crippen LogP contribution in [0.5, 0.6) is 5.75 Å². The normalized spacial score (nSPS) is 21.4. The minimum absolute atomic E-state index is 0.291. The van der Waals surface area contributed by atoms with Gasteiger partial charge in [0, 0.05) is 32.2 Å². The number of rotatable bonds is 4. The molecule has 17 heavy (non-hydrogen) atoms. The molecule has 2 rings (SSSR count). The minimum Gasteiger partial charge on any atom is -0.489 e. The average molecular weight is 238 g/mol. The summed E-state index contributed by atoms with van der Waals surface area (Å²) in [5.74, 6) is 0.0526. The zero-order valence-corrected chi connectivity index (χ0v) is 10.2. The molecule has 94 valence electrons. The summed E-state index contributed by atoms with van der Waals surface area (Å²) in [6.45, 7) is 6.63. The second-order valence-electron chi connectivity index (χ2n) is 4.43. The van der Waals surface area contributed by atoms with Gasteiger partial charge in [-0.15, -0.1) is 0 Å². The van der Waals surface area contributed by atoms with Crippen LogP contribution in [0, 0.1) is 5.82 Å². The number of nitrogens with one attached hydrogen (secondary N) is 1. The molecule has 0 spiro atoms. The van der Waals surface area contributed by atoms with Gasteiger partial charge in [-0.1, -0.05) is 12.1 Å². The molecular formula is C13H19FN2O. The average Bonchev–Trinajstić information content (AvgIpc) is 2.32. The van der Waals surface area contributed by atoms with Crippen LogP contribution in [0.15, 0.2) is 24.3 Å². The van der Waals surface area contributed by atoms with Gasteiger partial charge in [0.15, 0.2) is 11.6 Å². The smallest absolute Gasteiger partial charge is 0.165 e.